The number of carboxylic acids is 1. The molecule has 1 aromatic carbocycles. The summed E-state index contributed by atoms with van der Waals surface area (Å²) in [7, 11) is 0. The van der Waals surface area contributed by atoms with Gasteiger partial charge in [0.05, 0.1) is 21.3 Å². The summed E-state index contributed by atoms with van der Waals surface area (Å²) in [5, 5.41) is 12.2. The Labute approximate surface area is 126 Å². The first-order valence-electron chi connectivity index (χ1n) is 6.07. The number of benzene rings is 1. The van der Waals surface area contributed by atoms with Gasteiger partial charge in [0.25, 0.3) is 0 Å². The van der Waals surface area contributed by atoms with E-state index in [1.165, 1.54) is 12.1 Å². The molecule has 20 heavy (non-hydrogen) atoms. The summed E-state index contributed by atoms with van der Waals surface area (Å²) in [6.45, 7) is 4.49. The van der Waals surface area contributed by atoms with Crippen LogP contribution in [0.3, 0.4) is 0 Å². The summed E-state index contributed by atoms with van der Waals surface area (Å²) >= 11 is 7.59. The monoisotopic (exact) mass is 311 g/mol. The summed E-state index contributed by atoms with van der Waals surface area (Å²) in [5.74, 6) is -0.164. The fraction of sp³-hybridized carbons (Fsp3) is 0.286. The van der Waals surface area contributed by atoms with Gasteiger partial charge in [0.15, 0.2) is 0 Å². The van der Waals surface area contributed by atoms with E-state index in [1.807, 2.05) is 5.38 Å². The van der Waals surface area contributed by atoms with Gasteiger partial charge >= 0.3 is 5.97 Å². The minimum Gasteiger partial charge on any atom is -0.486 e. The van der Waals surface area contributed by atoms with Crippen LogP contribution in [0.1, 0.15) is 40.8 Å². The van der Waals surface area contributed by atoms with E-state index in [1.54, 1.807) is 17.4 Å². The second-order valence-electron chi connectivity index (χ2n) is 4.57. The topological polar surface area (TPSA) is 59.4 Å². The van der Waals surface area contributed by atoms with Gasteiger partial charge in [-0.05, 0) is 18.2 Å². The van der Waals surface area contributed by atoms with Gasteiger partial charge < -0.3 is 9.84 Å². The molecule has 0 saturated carbocycles. The molecular weight excluding hydrogens is 298 g/mol. The lowest BCUT2D eigenvalue weighted by atomic mass is 10.2. The van der Waals surface area contributed by atoms with Crippen molar-refractivity contribution >= 4 is 28.9 Å². The molecule has 0 unspecified atom stereocenters. The molecule has 0 aliphatic heterocycles. The number of hydrogen-bond acceptors (Lipinski definition) is 4. The number of aromatic carboxylic acids is 1. The van der Waals surface area contributed by atoms with Crippen LogP contribution in [0.25, 0.3) is 0 Å². The van der Waals surface area contributed by atoms with Crippen molar-refractivity contribution in [1.82, 2.24) is 4.98 Å². The Morgan fingerprint density at radius 1 is 1.50 bits per heavy atom. The first kappa shape index (κ1) is 14.8. The van der Waals surface area contributed by atoms with E-state index in [9.17, 15) is 4.79 Å². The zero-order chi connectivity index (χ0) is 14.7. The minimum absolute atomic E-state index is 0.137. The molecule has 0 amide bonds. The zero-order valence-electron chi connectivity index (χ0n) is 11.1. The highest BCUT2D eigenvalue weighted by Crippen LogP contribution is 2.27. The highest BCUT2D eigenvalue weighted by molar-refractivity contribution is 7.09. The largest absolute Gasteiger partial charge is 0.486 e. The van der Waals surface area contributed by atoms with Crippen LogP contribution in [0, 0.1) is 0 Å². The number of halogens is 1. The van der Waals surface area contributed by atoms with E-state index >= 15 is 0 Å². The highest BCUT2D eigenvalue weighted by Gasteiger charge is 2.10. The van der Waals surface area contributed by atoms with Crippen LogP contribution < -0.4 is 4.74 Å². The van der Waals surface area contributed by atoms with E-state index in [2.05, 4.69) is 18.8 Å². The van der Waals surface area contributed by atoms with Crippen molar-refractivity contribution in [2.24, 2.45) is 0 Å². The maximum absolute atomic E-state index is 10.8. The number of carbonyl (C=O) groups is 1. The fourth-order valence-electron chi connectivity index (χ4n) is 1.56. The van der Waals surface area contributed by atoms with Crippen LogP contribution in [-0.2, 0) is 6.61 Å². The van der Waals surface area contributed by atoms with Gasteiger partial charge in [-0.3, -0.25) is 0 Å². The number of thiazole rings is 1. The molecule has 0 aliphatic rings. The lowest BCUT2D eigenvalue weighted by Crippen LogP contribution is -1.99. The van der Waals surface area contributed by atoms with Crippen LogP contribution >= 0.6 is 22.9 Å². The Morgan fingerprint density at radius 2 is 2.25 bits per heavy atom. The molecule has 1 N–H and O–H groups in total. The van der Waals surface area contributed by atoms with Crippen molar-refractivity contribution < 1.29 is 14.6 Å². The fourth-order valence-corrected chi connectivity index (χ4v) is 2.61. The third kappa shape index (κ3) is 3.49. The molecular formula is C14H14ClNO3S. The van der Waals surface area contributed by atoms with Gasteiger partial charge in [-0.2, -0.15) is 0 Å². The van der Waals surface area contributed by atoms with E-state index in [0.29, 0.717) is 18.3 Å². The molecule has 6 heteroatoms. The predicted molar refractivity (Wildman–Crippen MR) is 78.9 cm³/mol. The third-order valence-electron chi connectivity index (χ3n) is 2.62. The molecule has 1 heterocycles. The van der Waals surface area contributed by atoms with Crippen molar-refractivity contribution in [3.8, 4) is 5.75 Å². The molecule has 2 rings (SSSR count). The summed E-state index contributed by atoms with van der Waals surface area (Å²) in [6.07, 6.45) is 0. The normalized spacial score (nSPS) is 10.8. The van der Waals surface area contributed by atoms with Crippen molar-refractivity contribution in [2.45, 2.75) is 26.4 Å². The maximum Gasteiger partial charge on any atom is 0.335 e. The van der Waals surface area contributed by atoms with E-state index in [-0.39, 0.29) is 10.6 Å². The second-order valence-corrected chi connectivity index (χ2v) is 5.87. The van der Waals surface area contributed by atoms with Gasteiger partial charge in [-0.1, -0.05) is 25.4 Å². The van der Waals surface area contributed by atoms with Crippen molar-refractivity contribution in [2.75, 3.05) is 0 Å². The molecule has 0 saturated heterocycles. The minimum atomic E-state index is -1.01. The molecule has 106 valence electrons. The smallest absolute Gasteiger partial charge is 0.335 e. The summed E-state index contributed by atoms with van der Waals surface area (Å²) in [6, 6.07) is 4.39. The van der Waals surface area contributed by atoms with Crippen LogP contribution in [0.15, 0.2) is 23.6 Å². The molecule has 0 spiro atoms. The Kier molecular flexibility index (Phi) is 4.62. The van der Waals surface area contributed by atoms with Crippen LogP contribution in [0.2, 0.25) is 5.02 Å². The number of hydrogen-bond donors (Lipinski definition) is 1. The molecule has 2 aromatic rings. The molecule has 0 atom stereocenters. The summed E-state index contributed by atoms with van der Waals surface area (Å²) in [5.41, 5.74) is 0.982. The molecule has 1 aromatic heterocycles. The van der Waals surface area contributed by atoms with Gasteiger partial charge in [0.2, 0.25) is 0 Å². The van der Waals surface area contributed by atoms with Crippen LogP contribution in [-0.4, -0.2) is 16.1 Å². The first-order chi connectivity index (χ1) is 9.47. The van der Waals surface area contributed by atoms with Crippen molar-refractivity contribution in [3.05, 3.63) is 44.9 Å². The molecule has 0 bridgehead atoms. The lowest BCUT2D eigenvalue weighted by Gasteiger charge is -2.07. The quantitative estimate of drug-likeness (QED) is 0.899. The molecule has 0 fully saturated rings. The van der Waals surface area contributed by atoms with E-state index in [0.717, 1.165) is 10.7 Å². The van der Waals surface area contributed by atoms with Gasteiger partial charge in [-0.15, -0.1) is 11.3 Å². The molecule has 4 nitrogen and oxygen atoms in total. The number of rotatable bonds is 5. The number of ether oxygens (including phenoxy) is 1. The zero-order valence-corrected chi connectivity index (χ0v) is 12.7. The SMILES string of the molecule is CC(C)c1nc(COc2ccc(C(=O)O)cc2Cl)cs1. The summed E-state index contributed by atoms with van der Waals surface area (Å²) < 4.78 is 5.57. The Balaban J connectivity index is 2.05. The Hall–Kier alpha value is -1.59. The third-order valence-corrected chi connectivity index (χ3v) is 4.11. The van der Waals surface area contributed by atoms with Crippen molar-refractivity contribution in [1.29, 1.82) is 0 Å². The van der Waals surface area contributed by atoms with Crippen LogP contribution in [0.4, 0.5) is 0 Å². The maximum atomic E-state index is 10.8. The molecule has 0 aliphatic carbocycles. The molecule has 0 radical (unpaired) electrons. The average molecular weight is 312 g/mol. The van der Waals surface area contributed by atoms with E-state index in [4.69, 9.17) is 21.4 Å². The predicted octanol–water partition coefficient (Wildman–Crippen LogP) is 4.20. The second kappa shape index (κ2) is 6.24. The van der Waals surface area contributed by atoms with Gasteiger partial charge in [0.1, 0.15) is 12.4 Å². The number of aromatic nitrogens is 1. The first-order valence-corrected chi connectivity index (χ1v) is 7.33. The number of nitrogens with zero attached hydrogens (tertiary/aromatic N) is 1. The summed E-state index contributed by atoms with van der Waals surface area (Å²) in [4.78, 5) is 15.3. The van der Waals surface area contributed by atoms with Gasteiger partial charge in [0, 0.05) is 11.3 Å². The van der Waals surface area contributed by atoms with E-state index < -0.39 is 5.97 Å². The van der Waals surface area contributed by atoms with Crippen LogP contribution in [0.5, 0.6) is 5.75 Å². The van der Waals surface area contributed by atoms with Crippen molar-refractivity contribution in [3.63, 3.8) is 0 Å². The standard InChI is InChI=1S/C14H14ClNO3S/c1-8(2)13-16-10(7-20-13)6-19-12-4-3-9(14(17)18)5-11(12)15/h3-5,7-8H,6H2,1-2H3,(H,17,18). The lowest BCUT2D eigenvalue weighted by molar-refractivity contribution is 0.0697. The Morgan fingerprint density at radius 3 is 2.80 bits per heavy atom. The number of carboxylic acid groups (broad SMARTS) is 1. The Bertz CT molecular complexity index is 625. The van der Waals surface area contributed by atoms with Gasteiger partial charge in [-0.25, -0.2) is 9.78 Å². The highest BCUT2D eigenvalue weighted by atomic mass is 35.5. The average Bonchev–Trinajstić information content (AvgIpc) is 2.86.